The Morgan fingerprint density at radius 2 is 1.54 bits per heavy atom. The van der Waals surface area contributed by atoms with Gasteiger partial charge in [0.15, 0.2) is 5.11 Å². The summed E-state index contributed by atoms with van der Waals surface area (Å²) in [5.41, 5.74) is 2.68. The summed E-state index contributed by atoms with van der Waals surface area (Å²) in [5.74, 6) is -0.507. The number of para-hydroxylation sites is 1. The number of thiocarbonyl (C=S) groups is 1. The Kier molecular flexibility index (Phi) is 6.91. The molecule has 2 amide bonds. The monoisotopic (exact) mass is 397 g/mol. The van der Waals surface area contributed by atoms with Crippen molar-refractivity contribution < 1.29 is 9.59 Å². The molecule has 0 unspecified atom stereocenters. The van der Waals surface area contributed by atoms with Gasteiger partial charge in [0.25, 0.3) is 11.8 Å². The molecule has 2 aromatic carbocycles. The van der Waals surface area contributed by atoms with Crippen molar-refractivity contribution in [1.82, 2.24) is 10.6 Å². The molecule has 0 aromatic heterocycles. The molecule has 2 aromatic rings. The molecule has 3 N–H and O–H groups in total. The Bertz CT molecular complexity index is 868. The minimum atomic E-state index is -0.304. The van der Waals surface area contributed by atoms with Crippen molar-refractivity contribution in [2.75, 3.05) is 5.32 Å². The molecule has 6 heteroatoms. The molecule has 0 aliphatic rings. The summed E-state index contributed by atoms with van der Waals surface area (Å²) in [6.45, 7) is 10.1. The first-order valence-corrected chi connectivity index (χ1v) is 9.61. The van der Waals surface area contributed by atoms with E-state index >= 15 is 0 Å². The van der Waals surface area contributed by atoms with Gasteiger partial charge in [-0.2, -0.15) is 0 Å². The van der Waals surface area contributed by atoms with Gasteiger partial charge in [-0.05, 0) is 61.3 Å². The highest BCUT2D eigenvalue weighted by molar-refractivity contribution is 7.80. The average molecular weight is 398 g/mol. The maximum atomic E-state index is 12.5. The highest BCUT2D eigenvalue weighted by atomic mass is 32.1. The molecule has 0 saturated carbocycles. The van der Waals surface area contributed by atoms with Crippen molar-refractivity contribution in [1.29, 1.82) is 0 Å². The number of benzene rings is 2. The zero-order valence-electron chi connectivity index (χ0n) is 16.9. The second kappa shape index (κ2) is 8.97. The summed E-state index contributed by atoms with van der Waals surface area (Å²) in [6, 6.07) is 14.5. The van der Waals surface area contributed by atoms with Gasteiger partial charge < -0.3 is 10.6 Å². The van der Waals surface area contributed by atoms with Gasteiger partial charge in [-0.3, -0.25) is 14.9 Å². The van der Waals surface area contributed by atoms with Gasteiger partial charge in [0.1, 0.15) is 0 Å². The lowest BCUT2D eigenvalue weighted by molar-refractivity contribution is 0.0942. The van der Waals surface area contributed by atoms with E-state index in [0.29, 0.717) is 16.8 Å². The number of anilines is 1. The largest absolute Gasteiger partial charge is 0.350 e. The summed E-state index contributed by atoms with van der Waals surface area (Å²) in [7, 11) is 0. The number of amides is 2. The molecule has 0 radical (unpaired) electrons. The normalized spacial score (nSPS) is 11.1. The third kappa shape index (κ3) is 5.89. The summed E-state index contributed by atoms with van der Waals surface area (Å²) in [5, 5.41) is 8.58. The molecule has 5 nitrogen and oxygen atoms in total. The lowest BCUT2D eigenvalue weighted by Crippen LogP contribution is -2.35. The van der Waals surface area contributed by atoms with Gasteiger partial charge in [-0.15, -0.1) is 0 Å². The molecule has 0 bridgehead atoms. The van der Waals surface area contributed by atoms with E-state index in [9.17, 15) is 9.59 Å². The zero-order valence-corrected chi connectivity index (χ0v) is 17.7. The van der Waals surface area contributed by atoms with Crippen LogP contribution in [0.5, 0.6) is 0 Å². The maximum absolute atomic E-state index is 12.5. The molecular weight excluding hydrogens is 370 g/mol. The predicted molar refractivity (Wildman–Crippen MR) is 118 cm³/mol. The van der Waals surface area contributed by atoms with Crippen molar-refractivity contribution >= 4 is 34.8 Å². The Labute approximate surface area is 171 Å². The Morgan fingerprint density at radius 1 is 0.929 bits per heavy atom. The van der Waals surface area contributed by atoms with E-state index in [2.05, 4.69) is 36.7 Å². The molecule has 2 rings (SSSR count). The third-order valence-corrected chi connectivity index (χ3v) is 4.28. The molecule has 28 heavy (non-hydrogen) atoms. The lowest BCUT2D eigenvalue weighted by atomic mass is 9.87. The van der Waals surface area contributed by atoms with Gasteiger partial charge in [0.05, 0.1) is 11.3 Å². The summed E-state index contributed by atoms with van der Waals surface area (Å²) >= 11 is 5.26. The summed E-state index contributed by atoms with van der Waals surface area (Å²) in [4.78, 5) is 24.8. The summed E-state index contributed by atoms with van der Waals surface area (Å²) < 4.78 is 0. The number of carbonyl (C=O) groups is 2. The SMILES string of the molecule is CC(C)NC(=O)c1ccccc1NC(=S)NC(=O)c1ccc(C(C)(C)C)cc1. The first-order valence-electron chi connectivity index (χ1n) is 9.20. The van der Waals surface area contributed by atoms with Crippen LogP contribution in [0.25, 0.3) is 0 Å². The molecule has 0 spiro atoms. The second-order valence-corrected chi connectivity index (χ2v) is 8.32. The lowest BCUT2D eigenvalue weighted by Gasteiger charge is -2.19. The van der Waals surface area contributed by atoms with Gasteiger partial charge in [0.2, 0.25) is 0 Å². The second-order valence-electron chi connectivity index (χ2n) is 7.91. The Morgan fingerprint density at radius 3 is 2.11 bits per heavy atom. The van der Waals surface area contributed by atoms with Crippen molar-refractivity contribution in [2.45, 2.75) is 46.1 Å². The first-order chi connectivity index (χ1) is 13.1. The molecule has 0 heterocycles. The highest BCUT2D eigenvalue weighted by Crippen LogP contribution is 2.22. The number of hydrogen-bond donors (Lipinski definition) is 3. The predicted octanol–water partition coefficient (Wildman–Crippen LogP) is 4.25. The van der Waals surface area contributed by atoms with Gasteiger partial charge in [-0.25, -0.2) is 0 Å². The summed E-state index contributed by atoms with van der Waals surface area (Å²) in [6.07, 6.45) is 0. The van der Waals surface area contributed by atoms with Crippen LogP contribution in [0.1, 0.15) is 60.9 Å². The molecular formula is C22H27N3O2S. The number of carbonyl (C=O) groups excluding carboxylic acids is 2. The third-order valence-electron chi connectivity index (χ3n) is 4.08. The van der Waals surface area contributed by atoms with Crippen LogP contribution in [-0.4, -0.2) is 23.0 Å². The first kappa shape index (κ1) is 21.6. The zero-order chi connectivity index (χ0) is 20.9. The Hall–Kier alpha value is -2.73. The van der Waals surface area contributed by atoms with Crippen LogP contribution >= 0.6 is 12.2 Å². The fourth-order valence-corrected chi connectivity index (χ4v) is 2.78. The van der Waals surface area contributed by atoms with Crippen LogP contribution in [0.3, 0.4) is 0 Å². The van der Waals surface area contributed by atoms with E-state index in [1.165, 1.54) is 0 Å². The van der Waals surface area contributed by atoms with Crippen molar-refractivity contribution in [3.05, 3.63) is 65.2 Å². The van der Waals surface area contributed by atoms with Gasteiger partial charge in [-0.1, -0.05) is 45.0 Å². The van der Waals surface area contributed by atoms with Crippen LogP contribution in [0.4, 0.5) is 5.69 Å². The molecule has 0 atom stereocenters. The minimum absolute atomic E-state index is 0.0169. The maximum Gasteiger partial charge on any atom is 0.257 e. The standard InChI is InChI=1S/C22H27N3O2S/c1-14(2)23-20(27)17-8-6-7-9-18(17)24-21(28)25-19(26)15-10-12-16(13-11-15)22(3,4)5/h6-14H,1-5H3,(H,23,27)(H2,24,25,26,28). The van der Waals surface area contributed by atoms with Crippen molar-refractivity contribution in [3.63, 3.8) is 0 Å². The van der Waals surface area contributed by atoms with E-state index in [1.807, 2.05) is 26.0 Å². The van der Waals surface area contributed by atoms with E-state index in [-0.39, 0.29) is 28.4 Å². The molecule has 0 saturated heterocycles. The quantitative estimate of drug-likeness (QED) is 0.675. The van der Waals surface area contributed by atoms with Crippen LogP contribution in [0.2, 0.25) is 0 Å². The number of hydrogen-bond acceptors (Lipinski definition) is 3. The average Bonchev–Trinajstić information content (AvgIpc) is 2.60. The number of nitrogens with one attached hydrogen (secondary N) is 3. The fraction of sp³-hybridized carbons (Fsp3) is 0.318. The van der Waals surface area contributed by atoms with E-state index in [0.717, 1.165) is 5.56 Å². The van der Waals surface area contributed by atoms with Crippen LogP contribution in [0.15, 0.2) is 48.5 Å². The van der Waals surface area contributed by atoms with E-state index in [4.69, 9.17) is 12.2 Å². The Balaban J connectivity index is 2.06. The fourth-order valence-electron chi connectivity index (χ4n) is 2.58. The van der Waals surface area contributed by atoms with E-state index < -0.39 is 0 Å². The molecule has 0 aliphatic carbocycles. The van der Waals surface area contributed by atoms with Crippen molar-refractivity contribution in [2.24, 2.45) is 0 Å². The topological polar surface area (TPSA) is 70.2 Å². The molecule has 0 fully saturated rings. The smallest absolute Gasteiger partial charge is 0.257 e. The van der Waals surface area contributed by atoms with Crippen LogP contribution in [0, 0.1) is 0 Å². The van der Waals surface area contributed by atoms with Crippen molar-refractivity contribution in [3.8, 4) is 0 Å². The highest BCUT2D eigenvalue weighted by Gasteiger charge is 2.16. The van der Waals surface area contributed by atoms with Gasteiger partial charge in [0, 0.05) is 11.6 Å². The van der Waals surface area contributed by atoms with E-state index in [1.54, 1.807) is 36.4 Å². The molecule has 0 aliphatic heterocycles. The molecule has 148 valence electrons. The van der Waals surface area contributed by atoms with Crippen LogP contribution in [-0.2, 0) is 5.41 Å². The minimum Gasteiger partial charge on any atom is -0.350 e. The van der Waals surface area contributed by atoms with Gasteiger partial charge >= 0.3 is 0 Å². The van der Waals surface area contributed by atoms with Crippen LogP contribution < -0.4 is 16.0 Å². The number of rotatable bonds is 4.